The van der Waals surface area contributed by atoms with Crippen molar-refractivity contribution in [1.82, 2.24) is 15.8 Å². The largest absolute Gasteiger partial charge is 0.421 e. The molecule has 0 spiro atoms. The van der Waals surface area contributed by atoms with Crippen LogP contribution in [0.15, 0.2) is 21.8 Å². The van der Waals surface area contributed by atoms with Crippen LogP contribution in [0.1, 0.15) is 19.3 Å². The van der Waals surface area contributed by atoms with Crippen LogP contribution in [0.5, 0.6) is 0 Å². The number of nitrogens with one attached hydrogen (secondary N) is 3. The molecule has 21 heavy (non-hydrogen) atoms. The maximum absolute atomic E-state index is 12.9. The van der Waals surface area contributed by atoms with Crippen LogP contribution >= 0.6 is 0 Å². The maximum atomic E-state index is 12.9. The van der Waals surface area contributed by atoms with Crippen molar-refractivity contribution in [2.75, 3.05) is 20.1 Å². The fraction of sp³-hybridized carbons (Fsp3) is 0.583. The van der Waals surface area contributed by atoms with Gasteiger partial charge >= 0.3 is 6.18 Å². The quantitative estimate of drug-likeness (QED) is 0.422. The zero-order valence-electron chi connectivity index (χ0n) is 11.8. The van der Waals surface area contributed by atoms with Crippen molar-refractivity contribution >= 4 is 18.5 Å². The molecule has 0 aromatic heterocycles. The maximum Gasteiger partial charge on any atom is 0.421 e. The third-order valence-electron chi connectivity index (χ3n) is 2.91. The number of aliphatic imine (C=N–C) groups is 2. The predicted molar refractivity (Wildman–Crippen MR) is 76.5 cm³/mol. The van der Waals surface area contributed by atoms with Gasteiger partial charge in [-0.05, 0) is 26.0 Å². The summed E-state index contributed by atoms with van der Waals surface area (Å²) < 4.78 is 38.7. The molecule has 9 heteroatoms. The summed E-state index contributed by atoms with van der Waals surface area (Å²) in [6.07, 6.45) is -1.12. The molecule has 1 aliphatic heterocycles. The van der Waals surface area contributed by atoms with E-state index in [1.807, 2.05) is 0 Å². The average molecular weight is 304 g/mol. The van der Waals surface area contributed by atoms with Gasteiger partial charge in [0.1, 0.15) is 5.57 Å². The van der Waals surface area contributed by atoms with Crippen molar-refractivity contribution in [1.29, 1.82) is 5.41 Å². The summed E-state index contributed by atoms with van der Waals surface area (Å²) in [5, 5.41) is 7.57. The lowest BCUT2D eigenvalue weighted by molar-refractivity contribution is -0.0866. The highest BCUT2D eigenvalue weighted by molar-refractivity contribution is 6.05. The van der Waals surface area contributed by atoms with E-state index in [-0.39, 0.29) is 5.96 Å². The molecule has 6 nitrogen and oxygen atoms in total. The van der Waals surface area contributed by atoms with E-state index in [1.165, 1.54) is 7.05 Å². The number of alkyl halides is 3. The lowest BCUT2D eigenvalue weighted by atomic mass is 10.1. The standard InChI is InChI=1S/C12H19F3N6/c1-17-11(21-6-4-3-5-7-21)20-10(16)9(8-19-18-2)12(13,14)15/h8,16,18-19H,1,3-7H2,2H3. The smallest absolute Gasteiger partial charge is 0.341 e. The van der Waals surface area contributed by atoms with Crippen molar-refractivity contribution in [3.63, 3.8) is 0 Å². The Morgan fingerprint density at radius 3 is 2.38 bits per heavy atom. The summed E-state index contributed by atoms with van der Waals surface area (Å²) >= 11 is 0. The van der Waals surface area contributed by atoms with Gasteiger partial charge in [-0.3, -0.25) is 5.41 Å². The first-order chi connectivity index (χ1) is 9.90. The lowest BCUT2D eigenvalue weighted by Crippen LogP contribution is -2.35. The second-order valence-electron chi connectivity index (χ2n) is 4.42. The molecular weight excluding hydrogens is 285 g/mol. The first kappa shape index (κ1) is 17.2. The SMILES string of the molecule is C=NC(=NC(=N)C(=CNNC)C(F)(F)F)N1CCCCC1. The number of hydrogen-bond acceptors (Lipinski definition) is 3. The van der Waals surface area contributed by atoms with Crippen LogP contribution in [0.3, 0.4) is 0 Å². The number of likely N-dealkylation sites (tertiary alicyclic amines) is 1. The molecule has 118 valence electrons. The highest BCUT2D eigenvalue weighted by Crippen LogP contribution is 2.26. The van der Waals surface area contributed by atoms with E-state index in [9.17, 15) is 13.2 Å². The minimum absolute atomic E-state index is 0.0549. The van der Waals surface area contributed by atoms with Crippen LogP contribution in [-0.4, -0.2) is 49.7 Å². The molecule has 0 saturated carbocycles. The molecule has 0 unspecified atom stereocenters. The molecule has 3 N–H and O–H groups in total. The number of hydrogen-bond donors (Lipinski definition) is 3. The average Bonchev–Trinajstić information content (AvgIpc) is 2.44. The van der Waals surface area contributed by atoms with Gasteiger partial charge in [0, 0.05) is 26.3 Å². The van der Waals surface area contributed by atoms with Gasteiger partial charge in [0.05, 0.1) is 0 Å². The van der Waals surface area contributed by atoms with Crippen molar-refractivity contribution < 1.29 is 13.2 Å². The van der Waals surface area contributed by atoms with Gasteiger partial charge < -0.3 is 10.3 Å². The van der Waals surface area contributed by atoms with Crippen molar-refractivity contribution in [3.8, 4) is 0 Å². The van der Waals surface area contributed by atoms with Gasteiger partial charge in [-0.25, -0.2) is 10.4 Å². The van der Waals surface area contributed by atoms with Crippen LogP contribution in [0, 0.1) is 5.41 Å². The molecule has 0 bridgehead atoms. The van der Waals surface area contributed by atoms with Gasteiger partial charge in [-0.15, -0.1) is 0 Å². The zero-order chi connectivity index (χ0) is 15.9. The van der Waals surface area contributed by atoms with Gasteiger partial charge in [-0.1, -0.05) is 0 Å². The lowest BCUT2D eigenvalue weighted by Gasteiger charge is -2.27. The number of rotatable bonds is 3. The van der Waals surface area contributed by atoms with Gasteiger partial charge in [0.2, 0.25) is 5.96 Å². The van der Waals surface area contributed by atoms with Gasteiger partial charge in [-0.2, -0.15) is 18.2 Å². The topological polar surface area (TPSA) is 75.9 Å². The molecule has 1 heterocycles. The minimum atomic E-state index is -4.68. The van der Waals surface area contributed by atoms with Crippen molar-refractivity contribution in [2.45, 2.75) is 25.4 Å². The molecule has 1 aliphatic rings. The molecule has 0 amide bonds. The minimum Gasteiger partial charge on any atom is -0.341 e. The molecule has 0 aromatic carbocycles. The van der Waals surface area contributed by atoms with Crippen LogP contribution < -0.4 is 10.9 Å². The first-order valence-corrected chi connectivity index (χ1v) is 6.49. The second-order valence-corrected chi connectivity index (χ2v) is 4.42. The van der Waals surface area contributed by atoms with E-state index >= 15 is 0 Å². The fourth-order valence-electron chi connectivity index (χ4n) is 1.89. The Balaban J connectivity index is 2.96. The molecule has 1 saturated heterocycles. The highest BCUT2D eigenvalue weighted by Gasteiger charge is 2.37. The Bertz CT molecular complexity index is 435. The second kappa shape index (κ2) is 7.77. The van der Waals surface area contributed by atoms with E-state index in [1.54, 1.807) is 4.90 Å². The van der Waals surface area contributed by atoms with E-state index in [4.69, 9.17) is 5.41 Å². The van der Waals surface area contributed by atoms with E-state index in [0.717, 1.165) is 19.3 Å². The highest BCUT2D eigenvalue weighted by atomic mass is 19.4. The Kier molecular flexibility index (Phi) is 6.35. The Labute approximate surface area is 121 Å². The number of halogens is 3. The predicted octanol–water partition coefficient (Wildman–Crippen LogP) is 1.68. The zero-order valence-corrected chi connectivity index (χ0v) is 11.8. The van der Waals surface area contributed by atoms with Gasteiger partial charge in [0.25, 0.3) is 0 Å². The van der Waals surface area contributed by atoms with Crippen LogP contribution in [0.4, 0.5) is 13.2 Å². The number of guanidine groups is 1. The third kappa shape index (κ3) is 5.18. The molecule has 0 atom stereocenters. The monoisotopic (exact) mass is 304 g/mol. The number of nitrogens with zero attached hydrogens (tertiary/aromatic N) is 3. The normalized spacial score (nSPS) is 17.6. The van der Waals surface area contributed by atoms with E-state index in [2.05, 4.69) is 27.6 Å². The molecule has 0 aliphatic carbocycles. The van der Waals surface area contributed by atoms with Crippen LogP contribution in [0.2, 0.25) is 0 Å². The molecule has 0 radical (unpaired) electrons. The first-order valence-electron chi connectivity index (χ1n) is 6.49. The molecule has 1 rings (SSSR count). The summed E-state index contributed by atoms with van der Waals surface area (Å²) in [4.78, 5) is 9.07. The molecule has 1 fully saturated rings. The Morgan fingerprint density at radius 2 is 1.90 bits per heavy atom. The van der Waals surface area contributed by atoms with Crippen molar-refractivity contribution in [2.24, 2.45) is 9.98 Å². The number of amidine groups is 1. The summed E-state index contributed by atoms with van der Waals surface area (Å²) in [5.41, 5.74) is 3.36. The number of hydrazine groups is 1. The fourth-order valence-corrected chi connectivity index (χ4v) is 1.89. The van der Waals surface area contributed by atoms with Gasteiger partial charge in [0.15, 0.2) is 5.84 Å². The van der Waals surface area contributed by atoms with E-state index in [0.29, 0.717) is 19.3 Å². The Hall–Kier alpha value is -1.90. The van der Waals surface area contributed by atoms with Crippen LogP contribution in [-0.2, 0) is 0 Å². The summed E-state index contributed by atoms with van der Waals surface area (Å²) in [6, 6.07) is 0. The molecular formula is C12H19F3N6. The number of piperidine rings is 1. The summed E-state index contributed by atoms with van der Waals surface area (Å²) in [7, 11) is 1.42. The van der Waals surface area contributed by atoms with E-state index < -0.39 is 17.6 Å². The summed E-state index contributed by atoms with van der Waals surface area (Å²) in [5.74, 6) is -0.850. The molecule has 0 aromatic rings. The summed E-state index contributed by atoms with van der Waals surface area (Å²) in [6.45, 7) is 4.64. The van der Waals surface area contributed by atoms with Crippen molar-refractivity contribution in [3.05, 3.63) is 11.8 Å². The third-order valence-corrected chi connectivity index (χ3v) is 2.91. The van der Waals surface area contributed by atoms with Crippen LogP contribution in [0.25, 0.3) is 0 Å². The Morgan fingerprint density at radius 1 is 1.29 bits per heavy atom.